The number of aromatic carboxylic acids is 1. The highest BCUT2D eigenvalue weighted by Crippen LogP contribution is 2.30. The largest absolute Gasteiger partial charge is 0.484 e. The molecule has 0 saturated carbocycles. The molecule has 0 amide bonds. The fourth-order valence-electron chi connectivity index (χ4n) is 1.80. The summed E-state index contributed by atoms with van der Waals surface area (Å²) in [6.07, 6.45) is 2.81. The van der Waals surface area contributed by atoms with E-state index in [1.54, 1.807) is 10.7 Å². The highest BCUT2D eigenvalue weighted by molar-refractivity contribution is 7.14. The Labute approximate surface area is 126 Å². The van der Waals surface area contributed by atoms with Crippen molar-refractivity contribution in [1.29, 1.82) is 0 Å². The molecule has 2 aromatic rings. The minimum absolute atomic E-state index is 0.164. The number of thiophene rings is 1. The van der Waals surface area contributed by atoms with Gasteiger partial charge in [-0.25, -0.2) is 9.48 Å². The fraction of sp³-hybridized carbons (Fsp3) is 0.538. The van der Waals surface area contributed by atoms with E-state index in [2.05, 4.69) is 22.4 Å². The third-order valence-corrected chi connectivity index (χ3v) is 4.23. The Hall–Kier alpha value is -1.96. The number of carboxylic acid groups (broad SMARTS) is 1. The Balaban J connectivity index is 2.07. The van der Waals surface area contributed by atoms with Crippen molar-refractivity contribution in [1.82, 2.24) is 20.2 Å². The number of rotatable bonds is 8. The first-order valence-corrected chi connectivity index (χ1v) is 7.71. The van der Waals surface area contributed by atoms with Crippen LogP contribution in [0.15, 0.2) is 6.07 Å². The van der Waals surface area contributed by atoms with Gasteiger partial charge in [-0.05, 0) is 29.3 Å². The summed E-state index contributed by atoms with van der Waals surface area (Å²) in [5, 5.41) is 20.6. The maximum Gasteiger partial charge on any atom is 0.349 e. The minimum Gasteiger partial charge on any atom is -0.484 e. The quantitative estimate of drug-likeness (QED) is 0.805. The van der Waals surface area contributed by atoms with E-state index in [1.165, 1.54) is 11.3 Å². The second-order valence-corrected chi connectivity index (χ2v) is 5.66. The smallest absolute Gasteiger partial charge is 0.349 e. The van der Waals surface area contributed by atoms with E-state index in [0.29, 0.717) is 11.6 Å². The monoisotopic (exact) mass is 310 g/mol. The maximum atomic E-state index is 11.2. The number of nitrogens with zero attached hydrogens (tertiary/aromatic N) is 4. The molecule has 0 fully saturated rings. The normalized spacial score (nSPS) is 10.8. The zero-order valence-electron chi connectivity index (χ0n) is 12.1. The van der Waals surface area contributed by atoms with Gasteiger partial charge in [0.05, 0.1) is 0 Å². The van der Waals surface area contributed by atoms with Crippen LogP contribution in [0.2, 0.25) is 0 Å². The molecule has 21 heavy (non-hydrogen) atoms. The van der Waals surface area contributed by atoms with Crippen molar-refractivity contribution in [2.24, 2.45) is 0 Å². The number of ether oxygens (including phenoxy) is 1. The van der Waals surface area contributed by atoms with Crippen molar-refractivity contribution in [2.45, 2.75) is 46.3 Å². The van der Waals surface area contributed by atoms with Crippen LogP contribution in [0, 0.1) is 0 Å². The first-order chi connectivity index (χ1) is 10.2. The van der Waals surface area contributed by atoms with Gasteiger partial charge in [-0.15, -0.1) is 16.4 Å². The van der Waals surface area contributed by atoms with Crippen LogP contribution in [0.5, 0.6) is 5.75 Å². The summed E-state index contributed by atoms with van der Waals surface area (Å²) < 4.78 is 7.30. The molecule has 0 spiro atoms. The third-order valence-electron chi connectivity index (χ3n) is 2.98. The minimum atomic E-state index is -0.972. The van der Waals surface area contributed by atoms with E-state index >= 15 is 0 Å². The van der Waals surface area contributed by atoms with Gasteiger partial charge in [-0.3, -0.25) is 0 Å². The molecular formula is C13H18N4O3S. The summed E-state index contributed by atoms with van der Waals surface area (Å²) in [4.78, 5) is 12.4. The predicted molar refractivity (Wildman–Crippen MR) is 77.7 cm³/mol. The summed E-state index contributed by atoms with van der Waals surface area (Å²) in [7, 11) is 0. The lowest BCUT2D eigenvalue weighted by molar-refractivity contribution is 0.0697. The van der Waals surface area contributed by atoms with Gasteiger partial charge in [0, 0.05) is 11.4 Å². The summed E-state index contributed by atoms with van der Waals surface area (Å²) >= 11 is 1.24. The van der Waals surface area contributed by atoms with Crippen LogP contribution < -0.4 is 4.74 Å². The molecule has 7 nitrogen and oxygen atoms in total. The van der Waals surface area contributed by atoms with Crippen LogP contribution in [0.1, 0.15) is 47.1 Å². The average Bonchev–Trinajstić information content (AvgIpc) is 3.09. The average molecular weight is 310 g/mol. The van der Waals surface area contributed by atoms with E-state index in [1.807, 2.05) is 6.92 Å². The summed E-state index contributed by atoms with van der Waals surface area (Å²) in [6, 6.07) is 1.77. The van der Waals surface area contributed by atoms with Crippen LogP contribution in [-0.4, -0.2) is 31.3 Å². The molecule has 0 aliphatic heterocycles. The Morgan fingerprint density at radius 3 is 2.95 bits per heavy atom. The molecule has 0 aliphatic carbocycles. The standard InChI is InChI=1S/C13H18N4O3S/c1-3-5-6-17-11(14-15-16-17)8-20-10-7-9(4-2)21-12(10)13(18)19/h7H,3-6,8H2,1-2H3,(H,18,19). The first kappa shape index (κ1) is 15.4. The number of carbonyl (C=O) groups is 1. The van der Waals surface area contributed by atoms with Crippen molar-refractivity contribution in [3.05, 3.63) is 21.6 Å². The van der Waals surface area contributed by atoms with Crippen molar-refractivity contribution >= 4 is 17.3 Å². The second-order valence-electron chi connectivity index (χ2n) is 4.53. The number of hydrogen-bond donors (Lipinski definition) is 1. The SMILES string of the molecule is CCCCn1nnnc1COc1cc(CC)sc1C(=O)O. The number of carboxylic acids is 1. The van der Waals surface area contributed by atoms with Crippen LogP contribution >= 0.6 is 11.3 Å². The number of hydrogen-bond acceptors (Lipinski definition) is 6. The van der Waals surface area contributed by atoms with E-state index in [0.717, 1.165) is 30.7 Å². The van der Waals surface area contributed by atoms with Crippen LogP contribution in [0.4, 0.5) is 0 Å². The van der Waals surface area contributed by atoms with Gasteiger partial charge < -0.3 is 9.84 Å². The highest BCUT2D eigenvalue weighted by atomic mass is 32.1. The van der Waals surface area contributed by atoms with Crippen molar-refractivity contribution in [3.63, 3.8) is 0 Å². The summed E-state index contributed by atoms with van der Waals surface area (Å²) in [5.41, 5.74) is 0. The Morgan fingerprint density at radius 1 is 1.48 bits per heavy atom. The molecule has 2 aromatic heterocycles. The molecule has 114 valence electrons. The van der Waals surface area contributed by atoms with Gasteiger partial charge in [-0.1, -0.05) is 20.3 Å². The molecular weight excluding hydrogens is 292 g/mol. The third kappa shape index (κ3) is 3.78. The van der Waals surface area contributed by atoms with Crippen LogP contribution in [0.25, 0.3) is 0 Å². The van der Waals surface area contributed by atoms with Gasteiger partial charge in [-0.2, -0.15) is 0 Å². The predicted octanol–water partition coefficient (Wildman–Crippen LogP) is 2.37. The molecule has 2 heterocycles. The van der Waals surface area contributed by atoms with Gasteiger partial charge in [0.25, 0.3) is 0 Å². The topological polar surface area (TPSA) is 90.1 Å². The van der Waals surface area contributed by atoms with E-state index < -0.39 is 5.97 Å². The second kappa shape index (κ2) is 7.16. The van der Waals surface area contributed by atoms with E-state index in [4.69, 9.17) is 4.74 Å². The molecule has 0 radical (unpaired) electrons. The molecule has 0 saturated heterocycles. The first-order valence-electron chi connectivity index (χ1n) is 6.89. The Bertz CT molecular complexity index is 608. The van der Waals surface area contributed by atoms with Gasteiger partial charge in [0.15, 0.2) is 10.7 Å². The molecule has 0 atom stereocenters. The van der Waals surface area contributed by atoms with Crippen LogP contribution in [-0.2, 0) is 19.6 Å². The molecule has 0 aromatic carbocycles. The van der Waals surface area contributed by atoms with Crippen molar-refractivity contribution < 1.29 is 14.6 Å². The lowest BCUT2D eigenvalue weighted by atomic mass is 10.3. The number of aryl methyl sites for hydroxylation is 2. The zero-order chi connectivity index (χ0) is 15.2. The molecule has 0 aliphatic rings. The number of unbranched alkanes of at least 4 members (excludes halogenated alkanes) is 1. The fourth-order valence-corrected chi connectivity index (χ4v) is 2.68. The van der Waals surface area contributed by atoms with Gasteiger partial charge in [0.1, 0.15) is 12.4 Å². The lowest BCUT2D eigenvalue weighted by Gasteiger charge is -2.06. The van der Waals surface area contributed by atoms with E-state index in [9.17, 15) is 9.90 Å². The molecule has 1 N–H and O–H groups in total. The zero-order valence-corrected chi connectivity index (χ0v) is 12.9. The summed E-state index contributed by atoms with van der Waals surface area (Å²) in [5.74, 6) is 0.0127. The van der Waals surface area contributed by atoms with Crippen LogP contribution in [0.3, 0.4) is 0 Å². The van der Waals surface area contributed by atoms with Crippen molar-refractivity contribution in [2.75, 3.05) is 0 Å². The number of tetrazole rings is 1. The van der Waals surface area contributed by atoms with E-state index in [-0.39, 0.29) is 11.5 Å². The highest BCUT2D eigenvalue weighted by Gasteiger charge is 2.17. The molecule has 0 unspecified atom stereocenters. The van der Waals surface area contributed by atoms with Gasteiger partial charge in [0.2, 0.25) is 0 Å². The molecule has 2 rings (SSSR count). The van der Waals surface area contributed by atoms with Gasteiger partial charge >= 0.3 is 5.97 Å². The lowest BCUT2D eigenvalue weighted by Crippen LogP contribution is -2.09. The molecule has 8 heteroatoms. The Morgan fingerprint density at radius 2 is 2.29 bits per heavy atom. The number of aromatic nitrogens is 4. The summed E-state index contributed by atoms with van der Waals surface area (Å²) in [6.45, 7) is 4.97. The maximum absolute atomic E-state index is 11.2. The van der Waals surface area contributed by atoms with Crippen molar-refractivity contribution in [3.8, 4) is 5.75 Å². The molecule has 0 bridgehead atoms. The Kier molecular flexibility index (Phi) is 5.26.